The molecule has 13 heavy (non-hydrogen) atoms. The van der Waals surface area contributed by atoms with Crippen molar-refractivity contribution in [1.82, 2.24) is 9.55 Å². The lowest BCUT2D eigenvalue weighted by atomic mass is 10.4. The van der Waals surface area contributed by atoms with E-state index in [1.54, 1.807) is 23.9 Å². The van der Waals surface area contributed by atoms with Gasteiger partial charge in [0.1, 0.15) is 0 Å². The van der Waals surface area contributed by atoms with Crippen molar-refractivity contribution < 1.29 is 5.11 Å². The van der Waals surface area contributed by atoms with Gasteiger partial charge in [-0.05, 0) is 11.4 Å². The molecule has 0 saturated heterocycles. The highest BCUT2D eigenvalue weighted by molar-refractivity contribution is 7.09. The van der Waals surface area contributed by atoms with Gasteiger partial charge in [-0.15, -0.1) is 11.3 Å². The predicted octanol–water partition coefficient (Wildman–Crippen LogP) is 1.49. The van der Waals surface area contributed by atoms with Crippen molar-refractivity contribution >= 4 is 11.3 Å². The van der Waals surface area contributed by atoms with Crippen molar-refractivity contribution in [3.8, 4) is 0 Å². The Labute approximate surface area is 80.3 Å². The van der Waals surface area contributed by atoms with E-state index in [1.807, 2.05) is 16.0 Å². The van der Waals surface area contributed by atoms with E-state index in [4.69, 9.17) is 5.11 Å². The molecule has 68 valence electrons. The molecular weight excluding hydrogens is 184 g/mol. The molecule has 2 heterocycles. The predicted molar refractivity (Wildman–Crippen MR) is 51.6 cm³/mol. The lowest BCUT2D eigenvalue weighted by molar-refractivity contribution is 0.271. The number of thiophene rings is 1. The molecule has 1 N–H and O–H groups in total. The molecule has 0 spiro atoms. The lowest BCUT2D eigenvalue weighted by Crippen LogP contribution is -2.01. The normalized spacial score (nSPS) is 10.5. The minimum Gasteiger partial charge on any atom is -0.390 e. The van der Waals surface area contributed by atoms with E-state index in [-0.39, 0.29) is 6.61 Å². The molecule has 0 bridgehead atoms. The number of imidazole rings is 1. The summed E-state index contributed by atoms with van der Waals surface area (Å²) in [5.74, 6) is 0. The first-order chi connectivity index (χ1) is 6.40. The quantitative estimate of drug-likeness (QED) is 0.803. The molecule has 0 unspecified atom stereocenters. The number of hydrogen-bond acceptors (Lipinski definition) is 3. The molecule has 0 atom stereocenters. The second-order valence-electron chi connectivity index (χ2n) is 2.75. The van der Waals surface area contributed by atoms with Crippen molar-refractivity contribution in [2.24, 2.45) is 0 Å². The number of hydrogen-bond donors (Lipinski definition) is 1. The summed E-state index contributed by atoms with van der Waals surface area (Å²) in [5, 5.41) is 11.0. The van der Waals surface area contributed by atoms with Gasteiger partial charge >= 0.3 is 0 Å². The van der Waals surface area contributed by atoms with Crippen LogP contribution in [0.25, 0.3) is 0 Å². The first-order valence-corrected chi connectivity index (χ1v) is 4.90. The van der Waals surface area contributed by atoms with Crippen LogP contribution in [0.5, 0.6) is 0 Å². The van der Waals surface area contributed by atoms with Crippen LogP contribution in [0.4, 0.5) is 0 Å². The highest BCUT2D eigenvalue weighted by atomic mass is 32.1. The summed E-state index contributed by atoms with van der Waals surface area (Å²) in [7, 11) is 0. The largest absolute Gasteiger partial charge is 0.390 e. The maximum Gasteiger partial charge on any atom is 0.0952 e. The Morgan fingerprint density at radius 2 is 2.46 bits per heavy atom. The first kappa shape index (κ1) is 8.47. The van der Waals surface area contributed by atoms with E-state index in [0.29, 0.717) is 0 Å². The van der Waals surface area contributed by atoms with Gasteiger partial charge in [0.25, 0.3) is 0 Å². The number of aliphatic hydroxyl groups excluding tert-OH is 1. The Morgan fingerprint density at radius 1 is 1.54 bits per heavy atom. The Morgan fingerprint density at radius 3 is 3.15 bits per heavy atom. The molecule has 4 heteroatoms. The highest BCUT2D eigenvalue weighted by Crippen LogP contribution is 2.11. The minimum absolute atomic E-state index is 0.0470. The van der Waals surface area contributed by atoms with Crippen LogP contribution < -0.4 is 0 Å². The fourth-order valence-electron chi connectivity index (χ4n) is 1.19. The van der Waals surface area contributed by atoms with E-state index >= 15 is 0 Å². The topological polar surface area (TPSA) is 38.1 Å². The molecule has 3 nitrogen and oxygen atoms in total. The summed E-state index contributed by atoms with van der Waals surface area (Å²) >= 11 is 1.71. The third-order valence-electron chi connectivity index (χ3n) is 1.87. The number of aliphatic hydroxyl groups is 1. The summed E-state index contributed by atoms with van der Waals surface area (Å²) in [4.78, 5) is 5.25. The average Bonchev–Trinajstić information content (AvgIpc) is 2.76. The Kier molecular flexibility index (Phi) is 2.42. The van der Waals surface area contributed by atoms with Crippen molar-refractivity contribution in [1.29, 1.82) is 0 Å². The fraction of sp³-hybridized carbons (Fsp3) is 0.222. The molecule has 2 aromatic heterocycles. The van der Waals surface area contributed by atoms with Crippen LogP contribution in [0.2, 0.25) is 0 Å². The van der Waals surface area contributed by atoms with E-state index < -0.39 is 0 Å². The zero-order valence-electron chi connectivity index (χ0n) is 7.05. The second kappa shape index (κ2) is 3.72. The maximum absolute atomic E-state index is 8.98. The zero-order chi connectivity index (χ0) is 9.10. The van der Waals surface area contributed by atoms with Crippen LogP contribution >= 0.6 is 11.3 Å². The maximum atomic E-state index is 8.98. The van der Waals surface area contributed by atoms with Crippen molar-refractivity contribution in [2.45, 2.75) is 13.2 Å². The molecule has 0 aliphatic heterocycles. The summed E-state index contributed by atoms with van der Waals surface area (Å²) in [6.07, 6.45) is 3.43. The third-order valence-corrected chi connectivity index (χ3v) is 2.73. The van der Waals surface area contributed by atoms with Gasteiger partial charge in [0, 0.05) is 4.88 Å². The molecule has 0 aromatic carbocycles. The fourth-order valence-corrected chi connectivity index (χ4v) is 1.90. The van der Waals surface area contributed by atoms with Gasteiger partial charge < -0.3 is 9.67 Å². The number of aromatic nitrogens is 2. The number of nitrogens with zero attached hydrogens (tertiary/aromatic N) is 2. The van der Waals surface area contributed by atoms with Crippen molar-refractivity contribution in [2.75, 3.05) is 0 Å². The van der Waals surface area contributed by atoms with E-state index in [1.165, 1.54) is 4.88 Å². The molecule has 0 fully saturated rings. The van der Waals surface area contributed by atoms with Crippen LogP contribution in [0.1, 0.15) is 10.6 Å². The first-order valence-electron chi connectivity index (χ1n) is 4.02. The van der Waals surface area contributed by atoms with Gasteiger partial charge in [0.05, 0.1) is 31.4 Å². The smallest absolute Gasteiger partial charge is 0.0952 e. The Balaban J connectivity index is 2.18. The minimum atomic E-state index is 0.0470. The van der Waals surface area contributed by atoms with Crippen molar-refractivity contribution in [3.05, 3.63) is 40.6 Å². The molecule has 0 aliphatic carbocycles. The standard InChI is InChI=1S/C9H10N2OS/c12-6-8-4-10-7-11(8)5-9-2-1-3-13-9/h1-4,7,12H,5-6H2. The monoisotopic (exact) mass is 194 g/mol. The summed E-state index contributed by atoms with van der Waals surface area (Å²) in [5.41, 5.74) is 0.855. The molecule has 0 saturated carbocycles. The highest BCUT2D eigenvalue weighted by Gasteiger charge is 2.01. The van der Waals surface area contributed by atoms with Crippen LogP contribution in [0.3, 0.4) is 0 Å². The van der Waals surface area contributed by atoms with Crippen LogP contribution in [0.15, 0.2) is 30.0 Å². The summed E-state index contributed by atoms with van der Waals surface area (Å²) in [6.45, 7) is 0.846. The average molecular weight is 194 g/mol. The Bertz CT molecular complexity index is 367. The second-order valence-corrected chi connectivity index (χ2v) is 3.78. The van der Waals surface area contributed by atoms with Crippen LogP contribution in [0, 0.1) is 0 Å². The van der Waals surface area contributed by atoms with Gasteiger partial charge in [-0.2, -0.15) is 0 Å². The third kappa shape index (κ3) is 1.79. The van der Waals surface area contributed by atoms with Crippen molar-refractivity contribution in [3.63, 3.8) is 0 Å². The summed E-state index contributed by atoms with van der Waals surface area (Å²) in [6, 6.07) is 4.10. The SMILES string of the molecule is OCc1cncn1Cc1cccs1. The van der Waals surface area contributed by atoms with Crippen LogP contribution in [-0.4, -0.2) is 14.7 Å². The van der Waals surface area contributed by atoms with Gasteiger partial charge in [0.2, 0.25) is 0 Å². The van der Waals surface area contributed by atoms with E-state index in [2.05, 4.69) is 11.1 Å². The van der Waals surface area contributed by atoms with Crippen LogP contribution in [-0.2, 0) is 13.2 Å². The van der Waals surface area contributed by atoms with Gasteiger partial charge in [0.15, 0.2) is 0 Å². The Hall–Kier alpha value is -1.13. The molecule has 0 radical (unpaired) electrons. The zero-order valence-corrected chi connectivity index (χ0v) is 7.87. The van der Waals surface area contributed by atoms with Gasteiger partial charge in [-0.25, -0.2) is 4.98 Å². The molecule has 2 aromatic rings. The van der Waals surface area contributed by atoms with Gasteiger partial charge in [-0.1, -0.05) is 6.07 Å². The molecule has 0 amide bonds. The van der Waals surface area contributed by atoms with Gasteiger partial charge in [-0.3, -0.25) is 0 Å². The number of rotatable bonds is 3. The summed E-state index contributed by atoms with van der Waals surface area (Å²) < 4.78 is 1.95. The van der Waals surface area contributed by atoms with E-state index in [0.717, 1.165) is 12.2 Å². The molecular formula is C9H10N2OS. The molecule has 0 aliphatic rings. The van der Waals surface area contributed by atoms with E-state index in [9.17, 15) is 0 Å². The molecule has 2 rings (SSSR count). The lowest BCUT2D eigenvalue weighted by Gasteiger charge is -2.03.